The minimum Gasteiger partial charge on any atom is -0.497 e. The summed E-state index contributed by atoms with van der Waals surface area (Å²) in [6.45, 7) is 3.76. The van der Waals surface area contributed by atoms with Gasteiger partial charge in [-0.3, -0.25) is 14.9 Å². The molecule has 1 amide bonds. The van der Waals surface area contributed by atoms with Crippen LogP contribution >= 0.6 is 0 Å². The molecule has 35 heavy (non-hydrogen) atoms. The van der Waals surface area contributed by atoms with Crippen molar-refractivity contribution in [1.29, 1.82) is 0 Å². The van der Waals surface area contributed by atoms with E-state index in [0.29, 0.717) is 18.0 Å². The fourth-order valence-electron chi connectivity index (χ4n) is 5.05. The van der Waals surface area contributed by atoms with Crippen LogP contribution < -0.4 is 10.2 Å². The molecule has 1 fully saturated rings. The molecule has 0 spiro atoms. The zero-order valence-electron chi connectivity index (χ0n) is 19.9. The van der Waals surface area contributed by atoms with Crippen molar-refractivity contribution in [2.24, 2.45) is 0 Å². The van der Waals surface area contributed by atoms with Gasteiger partial charge in [-0.1, -0.05) is 24.3 Å². The number of fused-ring (bicyclic) bond motifs is 1. The van der Waals surface area contributed by atoms with Crippen LogP contribution in [0.2, 0.25) is 0 Å². The molecule has 0 aliphatic carbocycles. The molecule has 0 atom stereocenters. The van der Waals surface area contributed by atoms with Crippen molar-refractivity contribution in [2.75, 3.05) is 20.2 Å². The Bertz CT molecular complexity index is 1310. The van der Waals surface area contributed by atoms with E-state index in [1.807, 2.05) is 24.4 Å². The number of likely N-dealkylation sites (tertiary alicyclic amines) is 1. The molecule has 2 N–H and O–H groups in total. The molecule has 7 nitrogen and oxygen atoms in total. The van der Waals surface area contributed by atoms with Crippen LogP contribution in [0, 0.1) is 0 Å². The van der Waals surface area contributed by atoms with Gasteiger partial charge in [0.15, 0.2) is 0 Å². The Balaban J connectivity index is 1.26. The Morgan fingerprint density at radius 3 is 2.60 bits per heavy atom. The maximum absolute atomic E-state index is 11.6. The van der Waals surface area contributed by atoms with E-state index < -0.39 is 5.91 Å². The molecule has 5 rings (SSSR count). The normalized spacial score (nSPS) is 14.8. The summed E-state index contributed by atoms with van der Waals surface area (Å²) in [7, 11) is 1.71. The van der Waals surface area contributed by atoms with Gasteiger partial charge in [-0.05, 0) is 84.9 Å². The Morgan fingerprint density at radius 2 is 1.86 bits per heavy atom. The van der Waals surface area contributed by atoms with Crippen LogP contribution in [0.1, 0.15) is 45.8 Å². The number of hydrogen-bond acceptors (Lipinski definition) is 5. The number of hydroxylamine groups is 1. The van der Waals surface area contributed by atoms with Crippen LogP contribution in [0.3, 0.4) is 0 Å². The van der Waals surface area contributed by atoms with Gasteiger partial charge in [0.1, 0.15) is 11.4 Å². The average molecular weight is 471 g/mol. The van der Waals surface area contributed by atoms with Crippen molar-refractivity contribution < 1.29 is 14.7 Å². The Kier molecular flexibility index (Phi) is 6.79. The second-order valence-electron chi connectivity index (χ2n) is 9.12. The quantitative estimate of drug-likeness (QED) is 0.305. The average Bonchev–Trinajstić information content (AvgIpc) is 3.32. The number of pyridine rings is 1. The van der Waals surface area contributed by atoms with Crippen LogP contribution in [0.25, 0.3) is 11.0 Å². The van der Waals surface area contributed by atoms with Gasteiger partial charge < -0.3 is 9.30 Å². The lowest BCUT2D eigenvalue weighted by Gasteiger charge is -2.32. The topological polar surface area (TPSA) is 79.6 Å². The van der Waals surface area contributed by atoms with E-state index in [1.165, 1.54) is 16.5 Å². The Hall–Kier alpha value is -3.68. The lowest BCUT2D eigenvalue weighted by atomic mass is 9.88. The van der Waals surface area contributed by atoms with E-state index >= 15 is 0 Å². The van der Waals surface area contributed by atoms with Crippen LogP contribution in [0.5, 0.6) is 5.75 Å². The highest BCUT2D eigenvalue weighted by atomic mass is 16.5. The third kappa shape index (κ3) is 5.06. The first-order valence-electron chi connectivity index (χ1n) is 12.0. The lowest BCUT2D eigenvalue weighted by Crippen LogP contribution is -2.32. The third-order valence-electron chi connectivity index (χ3n) is 6.93. The van der Waals surface area contributed by atoms with Gasteiger partial charge in [0, 0.05) is 36.4 Å². The molecule has 4 aromatic rings. The molecule has 0 unspecified atom stereocenters. The van der Waals surface area contributed by atoms with Crippen LogP contribution in [-0.2, 0) is 13.1 Å². The summed E-state index contributed by atoms with van der Waals surface area (Å²) in [5.74, 6) is 0.922. The molecular formula is C28H30N4O3. The maximum Gasteiger partial charge on any atom is 0.274 e. The first kappa shape index (κ1) is 23.1. The zero-order valence-corrected chi connectivity index (χ0v) is 19.9. The fourth-order valence-corrected chi connectivity index (χ4v) is 5.05. The van der Waals surface area contributed by atoms with Crippen molar-refractivity contribution in [2.45, 2.75) is 31.8 Å². The first-order chi connectivity index (χ1) is 17.1. The van der Waals surface area contributed by atoms with E-state index in [9.17, 15) is 4.79 Å². The molecule has 0 bridgehead atoms. The van der Waals surface area contributed by atoms with E-state index in [1.54, 1.807) is 24.7 Å². The minimum absolute atomic E-state index is 0.423. The number of methoxy groups -OCH3 is 1. The Morgan fingerprint density at radius 1 is 1.06 bits per heavy atom. The number of carbonyl (C=O) groups excluding carboxylic acids is 1. The van der Waals surface area contributed by atoms with Gasteiger partial charge in [-0.2, -0.15) is 0 Å². The summed E-state index contributed by atoms with van der Waals surface area (Å²) in [5, 5.41) is 10.0. The van der Waals surface area contributed by atoms with Crippen molar-refractivity contribution in [3.63, 3.8) is 0 Å². The summed E-state index contributed by atoms with van der Waals surface area (Å²) in [6, 6.07) is 19.9. The van der Waals surface area contributed by atoms with Gasteiger partial charge in [-0.25, -0.2) is 10.5 Å². The SMILES string of the molecule is COc1cccc(CN2CCC(c3ccnc4c3ccn4Cc3ccc(C(=O)NO)cc3)CC2)c1. The zero-order chi connectivity index (χ0) is 24.2. The van der Waals surface area contributed by atoms with E-state index in [-0.39, 0.29) is 0 Å². The standard InChI is InChI=1S/C28H30N4O3/c1-35-24-4-2-3-21(17-24)18-31-14-10-22(11-15-31)25-9-13-29-27-26(25)12-16-32(27)19-20-5-7-23(8-6-20)28(33)30-34/h2-9,12-13,16-17,22,34H,10-11,14-15,18-19H2,1H3,(H,30,33). The van der Waals surface area contributed by atoms with Gasteiger partial charge in [0.25, 0.3) is 5.91 Å². The molecule has 3 heterocycles. The predicted molar refractivity (Wildman–Crippen MR) is 135 cm³/mol. The molecular weight excluding hydrogens is 440 g/mol. The molecule has 0 saturated carbocycles. The maximum atomic E-state index is 11.6. The second kappa shape index (κ2) is 10.3. The minimum atomic E-state index is -0.510. The molecule has 2 aromatic carbocycles. The highest BCUT2D eigenvalue weighted by Gasteiger charge is 2.23. The van der Waals surface area contributed by atoms with Crippen molar-refractivity contribution in [3.8, 4) is 5.75 Å². The highest BCUT2D eigenvalue weighted by Crippen LogP contribution is 2.33. The summed E-state index contributed by atoms with van der Waals surface area (Å²) in [6.07, 6.45) is 6.27. The molecule has 2 aromatic heterocycles. The monoisotopic (exact) mass is 470 g/mol. The number of hydrogen-bond donors (Lipinski definition) is 2. The number of benzene rings is 2. The van der Waals surface area contributed by atoms with Gasteiger partial charge >= 0.3 is 0 Å². The number of nitrogens with zero attached hydrogens (tertiary/aromatic N) is 3. The second-order valence-corrected chi connectivity index (χ2v) is 9.12. The van der Waals surface area contributed by atoms with Crippen LogP contribution in [0.4, 0.5) is 0 Å². The van der Waals surface area contributed by atoms with E-state index in [0.717, 1.165) is 49.4 Å². The molecule has 1 aliphatic rings. The lowest BCUT2D eigenvalue weighted by molar-refractivity contribution is 0.0706. The van der Waals surface area contributed by atoms with Crippen molar-refractivity contribution in [1.82, 2.24) is 19.9 Å². The first-order valence-corrected chi connectivity index (χ1v) is 12.0. The predicted octanol–water partition coefficient (Wildman–Crippen LogP) is 4.59. The number of amides is 1. The van der Waals surface area contributed by atoms with Crippen LogP contribution in [0.15, 0.2) is 73.1 Å². The third-order valence-corrected chi connectivity index (χ3v) is 6.93. The van der Waals surface area contributed by atoms with E-state index in [4.69, 9.17) is 9.94 Å². The number of nitrogens with one attached hydrogen (secondary N) is 1. The van der Waals surface area contributed by atoms with Gasteiger partial charge in [0.2, 0.25) is 0 Å². The fraction of sp³-hybridized carbons (Fsp3) is 0.286. The molecule has 7 heteroatoms. The molecule has 1 aliphatic heterocycles. The molecule has 0 radical (unpaired) electrons. The molecule has 1 saturated heterocycles. The summed E-state index contributed by atoms with van der Waals surface area (Å²) in [5.41, 5.74) is 6.80. The Labute approximate surface area is 204 Å². The number of carbonyl (C=O) groups is 1. The largest absolute Gasteiger partial charge is 0.497 e. The summed E-state index contributed by atoms with van der Waals surface area (Å²) < 4.78 is 7.52. The molecule has 180 valence electrons. The summed E-state index contributed by atoms with van der Waals surface area (Å²) >= 11 is 0. The number of rotatable bonds is 7. The van der Waals surface area contributed by atoms with Crippen molar-refractivity contribution in [3.05, 3.63) is 95.3 Å². The van der Waals surface area contributed by atoms with Gasteiger partial charge in [-0.15, -0.1) is 0 Å². The van der Waals surface area contributed by atoms with E-state index in [2.05, 4.69) is 51.0 Å². The number of aromatic nitrogens is 2. The number of piperidine rings is 1. The van der Waals surface area contributed by atoms with Gasteiger partial charge in [0.05, 0.1) is 7.11 Å². The number of ether oxygens (including phenoxy) is 1. The van der Waals surface area contributed by atoms with Crippen molar-refractivity contribution >= 4 is 16.9 Å². The smallest absolute Gasteiger partial charge is 0.274 e. The summed E-state index contributed by atoms with van der Waals surface area (Å²) in [4.78, 5) is 18.8. The highest BCUT2D eigenvalue weighted by molar-refractivity contribution is 5.93. The van der Waals surface area contributed by atoms with Crippen LogP contribution in [-0.4, -0.2) is 45.8 Å².